The van der Waals surface area contributed by atoms with Crippen LogP contribution >= 0.6 is 0 Å². The molecule has 13 aromatic carbocycles. The van der Waals surface area contributed by atoms with Crippen LogP contribution in [0.5, 0.6) is 0 Å². The molecular formula is C86H56N6. The van der Waals surface area contributed by atoms with Crippen molar-refractivity contribution in [1.82, 2.24) is 29.9 Å². The lowest BCUT2D eigenvalue weighted by atomic mass is 9.91. The lowest BCUT2D eigenvalue weighted by molar-refractivity contribution is 1.18. The van der Waals surface area contributed by atoms with E-state index in [1.807, 2.05) is 73.2 Å². The zero-order chi connectivity index (χ0) is 65.5. The number of aromatic nitrogens is 6. The molecule has 0 bridgehead atoms. The normalized spacial score (nSPS) is 12.0. The maximum atomic E-state index is 8.62. The van der Waals surface area contributed by atoms with Gasteiger partial charge in [-0.1, -0.05) is 249 Å². The van der Waals surface area contributed by atoms with Crippen LogP contribution in [0.1, 0.15) is 6.85 Å². The third-order valence-electron chi connectivity index (χ3n) is 17.1. The molecule has 0 aliphatic rings. The summed E-state index contributed by atoms with van der Waals surface area (Å²) in [6.07, 6.45) is 10.9. The summed E-state index contributed by atoms with van der Waals surface area (Å²) in [4.78, 5) is 28.5. The average molecular weight is 1180 g/mol. The lowest BCUT2D eigenvalue weighted by Crippen LogP contribution is -1.97. The second kappa shape index (κ2) is 24.3. The van der Waals surface area contributed by atoms with Crippen molar-refractivity contribution in [2.45, 2.75) is 0 Å². The fourth-order valence-corrected chi connectivity index (χ4v) is 12.6. The highest BCUT2D eigenvalue weighted by Crippen LogP contribution is 2.42. The van der Waals surface area contributed by atoms with Crippen molar-refractivity contribution in [2.75, 3.05) is 0 Å². The second-order valence-corrected chi connectivity index (χ2v) is 22.7. The summed E-state index contributed by atoms with van der Waals surface area (Å²) < 4.78 is 41.9. The minimum atomic E-state index is -0.460. The minimum absolute atomic E-state index is 0.0420. The summed E-state index contributed by atoms with van der Waals surface area (Å²) in [6, 6.07) is 92.9. The van der Waals surface area contributed by atoms with Crippen molar-refractivity contribution in [3.63, 3.8) is 0 Å². The molecule has 0 saturated heterocycles. The molecule has 0 atom stereocenters. The molecule has 0 saturated carbocycles. The topological polar surface area (TPSA) is 77.3 Å². The van der Waals surface area contributed by atoms with E-state index in [4.69, 9.17) is 21.8 Å². The number of hydrogen-bond acceptors (Lipinski definition) is 6. The molecule has 17 rings (SSSR count). The molecule has 6 heteroatoms. The molecular weight excluding hydrogens is 1120 g/mol. The first-order valence-corrected chi connectivity index (χ1v) is 30.5. The molecule has 0 fully saturated rings. The summed E-state index contributed by atoms with van der Waals surface area (Å²) in [5.74, 6) is 0.755. The Hall–Kier alpha value is -12.4. The van der Waals surface area contributed by atoms with Crippen molar-refractivity contribution in [1.29, 1.82) is 0 Å². The first-order chi connectivity index (χ1) is 47.7. The monoisotopic (exact) mass is 1180 g/mol. The van der Waals surface area contributed by atoms with Crippen LogP contribution in [0.2, 0.25) is 0 Å². The first-order valence-electron chi connectivity index (χ1n) is 33.0. The van der Waals surface area contributed by atoms with Crippen LogP contribution in [0, 0.1) is 0 Å². The molecule has 0 spiro atoms. The van der Waals surface area contributed by atoms with Gasteiger partial charge in [0.25, 0.3) is 0 Å². The molecule has 430 valence electrons. The molecule has 0 aliphatic heterocycles. The van der Waals surface area contributed by atoms with E-state index in [2.05, 4.69) is 233 Å². The SMILES string of the molecule is [2H]c1c([2H])c([2H])c(-c2ncc(-c3cccc(-c4cccnc4)c3)c(-c3cccc(-c4cc5ccccc5c5ccccc45)c3)n2)c([2H])c1[2H].c1cncc(-c2cccc(-c3cnc(-c4ccc5ccccc5c4)nc3-c3cccc(-c4cc5ccccc5c5ccccc45)c3)c2)c1. The summed E-state index contributed by atoms with van der Waals surface area (Å²) >= 11 is 0. The molecule has 4 aromatic heterocycles. The van der Waals surface area contributed by atoms with Crippen molar-refractivity contribution >= 4 is 53.9 Å². The summed E-state index contributed by atoms with van der Waals surface area (Å²) in [5.41, 5.74) is 16.4. The maximum Gasteiger partial charge on any atom is 0.159 e. The predicted octanol–water partition coefficient (Wildman–Crippen LogP) is 22.2. The Morgan fingerprint density at radius 2 is 0.620 bits per heavy atom. The highest BCUT2D eigenvalue weighted by Gasteiger charge is 2.19. The second-order valence-electron chi connectivity index (χ2n) is 22.7. The van der Waals surface area contributed by atoms with Gasteiger partial charge < -0.3 is 0 Å². The Kier molecular flexibility index (Phi) is 13.1. The number of fused-ring (bicyclic) bond motifs is 7. The smallest absolute Gasteiger partial charge is 0.159 e. The van der Waals surface area contributed by atoms with Crippen LogP contribution in [-0.4, -0.2) is 29.9 Å². The Bertz CT molecular complexity index is 5900. The Morgan fingerprint density at radius 1 is 0.228 bits per heavy atom. The van der Waals surface area contributed by atoms with Gasteiger partial charge in [-0.05, 0) is 153 Å². The Morgan fingerprint density at radius 3 is 1.11 bits per heavy atom. The van der Waals surface area contributed by atoms with Gasteiger partial charge in [-0.25, -0.2) is 19.9 Å². The predicted molar refractivity (Wildman–Crippen MR) is 382 cm³/mol. The van der Waals surface area contributed by atoms with Gasteiger partial charge in [0.2, 0.25) is 0 Å². The molecule has 0 aliphatic carbocycles. The van der Waals surface area contributed by atoms with Crippen molar-refractivity contribution in [2.24, 2.45) is 0 Å². The lowest BCUT2D eigenvalue weighted by Gasteiger charge is -2.15. The molecule has 17 aromatic rings. The van der Waals surface area contributed by atoms with Crippen molar-refractivity contribution in [3.8, 4) is 112 Å². The molecule has 0 N–H and O–H groups in total. The zero-order valence-corrected chi connectivity index (χ0v) is 49.6. The number of benzene rings is 13. The maximum absolute atomic E-state index is 8.62. The van der Waals surface area contributed by atoms with Gasteiger partial charge in [0, 0.05) is 81.7 Å². The number of nitrogens with zero attached hydrogens (tertiary/aromatic N) is 6. The van der Waals surface area contributed by atoms with Crippen LogP contribution in [-0.2, 0) is 0 Å². The van der Waals surface area contributed by atoms with E-state index in [1.165, 1.54) is 48.7 Å². The van der Waals surface area contributed by atoms with Crippen LogP contribution < -0.4 is 0 Å². The van der Waals surface area contributed by atoms with E-state index in [1.54, 1.807) is 18.6 Å². The quantitative estimate of drug-likeness (QED) is 0.127. The minimum Gasteiger partial charge on any atom is -0.264 e. The van der Waals surface area contributed by atoms with E-state index >= 15 is 0 Å². The van der Waals surface area contributed by atoms with Gasteiger partial charge in [-0.2, -0.15) is 0 Å². The van der Waals surface area contributed by atoms with Crippen molar-refractivity contribution in [3.05, 3.63) is 340 Å². The first kappa shape index (κ1) is 49.6. The van der Waals surface area contributed by atoms with Crippen LogP contribution in [0.25, 0.3) is 166 Å². The van der Waals surface area contributed by atoms with Gasteiger partial charge in [0.1, 0.15) is 0 Å². The largest absolute Gasteiger partial charge is 0.264 e. The third-order valence-corrected chi connectivity index (χ3v) is 17.1. The number of pyridine rings is 2. The van der Waals surface area contributed by atoms with E-state index in [9.17, 15) is 0 Å². The number of rotatable bonds is 10. The molecule has 0 radical (unpaired) electrons. The van der Waals surface area contributed by atoms with Crippen molar-refractivity contribution < 1.29 is 6.85 Å². The van der Waals surface area contributed by atoms with Gasteiger partial charge in [0.15, 0.2) is 11.6 Å². The fraction of sp³-hybridized carbons (Fsp3) is 0. The van der Waals surface area contributed by atoms with E-state index in [-0.39, 0.29) is 23.5 Å². The molecule has 4 heterocycles. The molecule has 92 heavy (non-hydrogen) atoms. The fourth-order valence-electron chi connectivity index (χ4n) is 12.6. The van der Waals surface area contributed by atoms with Gasteiger partial charge in [-0.3, -0.25) is 9.97 Å². The summed E-state index contributed by atoms with van der Waals surface area (Å²) in [5, 5.41) is 12.0. The highest BCUT2D eigenvalue weighted by molar-refractivity contribution is 6.15. The van der Waals surface area contributed by atoms with Gasteiger partial charge in [0.05, 0.1) is 18.2 Å². The molecule has 0 amide bonds. The Balaban J connectivity index is 0.000000152. The van der Waals surface area contributed by atoms with E-state index < -0.39 is 18.1 Å². The summed E-state index contributed by atoms with van der Waals surface area (Å²) in [6.45, 7) is 0. The molecule has 0 unspecified atom stereocenters. The van der Waals surface area contributed by atoms with Crippen LogP contribution in [0.4, 0.5) is 0 Å². The average Bonchev–Trinajstić information content (AvgIpc) is 0.786. The van der Waals surface area contributed by atoms with E-state index in [0.717, 1.165) is 94.4 Å². The van der Waals surface area contributed by atoms with Crippen LogP contribution in [0.15, 0.2) is 340 Å². The van der Waals surface area contributed by atoms with Gasteiger partial charge in [-0.15, -0.1) is 0 Å². The third kappa shape index (κ3) is 10.8. The van der Waals surface area contributed by atoms with Crippen LogP contribution in [0.3, 0.4) is 0 Å². The van der Waals surface area contributed by atoms with Gasteiger partial charge >= 0.3 is 0 Å². The Labute approximate surface area is 540 Å². The molecule has 6 nitrogen and oxygen atoms in total. The number of hydrogen-bond donors (Lipinski definition) is 0. The van der Waals surface area contributed by atoms with E-state index in [0.29, 0.717) is 11.5 Å². The standard InChI is InChI=1S/C45H29N3.C41H27N3/c1-2-11-31-25-37(22-21-30(31)10-1)45-47-29-43(34-15-7-13-32(24-34)38-17-9-23-46-28-38)44(48-45)36-16-8-14-33(26-36)42-27-35-12-3-4-18-39(35)40-19-5-6-20-41(40)42;1-2-11-28(12-3-1)41-43-27-39(31-16-8-14-29(23-31)34-18-10-22-42-26-34)40(44-41)33-17-9-15-30(24-33)38-25-32-13-4-5-19-35(32)36-20-6-7-21-37(36)38/h1-29H;1-27H/i;1D,2D,3D,11D,12D. The zero-order valence-electron chi connectivity index (χ0n) is 54.6. The highest BCUT2D eigenvalue weighted by atomic mass is 14.9. The summed E-state index contributed by atoms with van der Waals surface area (Å²) in [7, 11) is 0.